The first-order chi connectivity index (χ1) is 13.2. The fourth-order valence-electron chi connectivity index (χ4n) is 3.36. The summed E-state index contributed by atoms with van der Waals surface area (Å²) in [5.41, 5.74) is 0.0924. The lowest BCUT2D eigenvalue weighted by Crippen LogP contribution is -2.45. The molecule has 1 unspecified atom stereocenters. The van der Waals surface area contributed by atoms with Crippen LogP contribution in [0.4, 0.5) is 0 Å². The molecule has 1 heterocycles. The monoisotopic (exact) mass is 391 g/mol. The molecule has 1 aromatic rings. The third-order valence-electron chi connectivity index (χ3n) is 5.36. The van der Waals surface area contributed by atoms with E-state index in [1.54, 1.807) is 0 Å². The third kappa shape index (κ3) is 5.96. The molecule has 0 radical (unpaired) electrons. The molecular formula is C22H33NO5. The minimum atomic E-state index is -0.864. The Morgan fingerprint density at radius 3 is 2.36 bits per heavy atom. The second kappa shape index (κ2) is 9.92. The van der Waals surface area contributed by atoms with E-state index in [4.69, 9.17) is 9.47 Å². The van der Waals surface area contributed by atoms with Gasteiger partial charge in [0.25, 0.3) is 0 Å². The van der Waals surface area contributed by atoms with Crippen LogP contribution >= 0.6 is 0 Å². The van der Waals surface area contributed by atoms with Crippen molar-refractivity contribution in [2.75, 3.05) is 26.4 Å². The van der Waals surface area contributed by atoms with Gasteiger partial charge in [-0.1, -0.05) is 26.0 Å². The van der Waals surface area contributed by atoms with E-state index >= 15 is 0 Å². The van der Waals surface area contributed by atoms with Crippen molar-refractivity contribution in [3.63, 3.8) is 0 Å². The van der Waals surface area contributed by atoms with Crippen molar-refractivity contribution < 1.29 is 24.2 Å². The lowest BCUT2D eigenvalue weighted by molar-refractivity contribution is -0.145. The van der Waals surface area contributed by atoms with Crippen LogP contribution in [0.2, 0.25) is 0 Å². The van der Waals surface area contributed by atoms with Gasteiger partial charge in [-0.2, -0.15) is 0 Å². The molecule has 1 fully saturated rings. The molecule has 1 atom stereocenters. The van der Waals surface area contributed by atoms with Gasteiger partial charge in [-0.3, -0.25) is 9.59 Å². The highest BCUT2D eigenvalue weighted by atomic mass is 16.5. The maximum absolute atomic E-state index is 12.8. The van der Waals surface area contributed by atoms with Crippen LogP contribution in [0.15, 0.2) is 24.3 Å². The first-order valence-corrected chi connectivity index (χ1v) is 10.0. The smallest absolute Gasteiger partial charge is 0.308 e. The van der Waals surface area contributed by atoms with E-state index in [1.165, 1.54) is 0 Å². The molecule has 6 heteroatoms. The van der Waals surface area contributed by atoms with E-state index in [-0.39, 0.29) is 18.4 Å². The standard InChI is InChI=1S/C22H33NO5/c1-15(2)14-28-18-7-5-17(6-8-18)22(3,4)21(26)23-13-19(20(24)25)16-9-11-27-12-10-16/h5-8,15-16,19H,9-14H2,1-4H3,(H,23,26)(H,24,25). The van der Waals surface area contributed by atoms with E-state index in [0.717, 1.165) is 11.3 Å². The normalized spacial score (nSPS) is 16.6. The molecule has 0 aromatic heterocycles. The Kier molecular flexibility index (Phi) is 7.87. The summed E-state index contributed by atoms with van der Waals surface area (Å²) in [6.45, 7) is 9.81. The van der Waals surface area contributed by atoms with Gasteiger partial charge in [0.2, 0.25) is 5.91 Å². The SMILES string of the molecule is CC(C)COc1ccc(C(C)(C)C(=O)NCC(C(=O)O)C2CCOCC2)cc1. The molecule has 156 valence electrons. The number of hydrogen-bond acceptors (Lipinski definition) is 4. The van der Waals surface area contributed by atoms with Crippen molar-refractivity contribution in [1.82, 2.24) is 5.32 Å². The molecule has 6 nitrogen and oxygen atoms in total. The van der Waals surface area contributed by atoms with Crippen LogP contribution in [-0.2, 0) is 19.7 Å². The van der Waals surface area contributed by atoms with Gasteiger partial charge in [-0.25, -0.2) is 0 Å². The summed E-state index contributed by atoms with van der Waals surface area (Å²) in [6.07, 6.45) is 1.43. The summed E-state index contributed by atoms with van der Waals surface area (Å²) in [5.74, 6) is -0.375. The van der Waals surface area contributed by atoms with Gasteiger partial charge < -0.3 is 19.9 Å². The highest BCUT2D eigenvalue weighted by Crippen LogP contribution is 2.27. The summed E-state index contributed by atoms with van der Waals surface area (Å²) >= 11 is 0. The molecule has 1 amide bonds. The summed E-state index contributed by atoms with van der Waals surface area (Å²) in [6, 6.07) is 7.52. The first kappa shape index (κ1) is 22.2. The van der Waals surface area contributed by atoms with Gasteiger partial charge in [0.05, 0.1) is 17.9 Å². The zero-order chi connectivity index (χ0) is 20.7. The highest BCUT2D eigenvalue weighted by Gasteiger charge is 2.34. The minimum Gasteiger partial charge on any atom is -0.493 e. The molecule has 0 spiro atoms. The summed E-state index contributed by atoms with van der Waals surface area (Å²) in [4.78, 5) is 24.5. The minimum absolute atomic E-state index is 0.0343. The highest BCUT2D eigenvalue weighted by molar-refractivity contribution is 5.87. The molecule has 1 saturated heterocycles. The predicted octanol–water partition coefficient (Wildman–Crippen LogP) is 3.24. The lowest BCUT2D eigenvalue weighted by atomic mass is 9.82. The molecule has 1 aromatic carbocycles. The van der Waals surface area contributed by atoms with Gasteiger partial charge in [-0.05, 0) is 56.2 Å². The van der Waals surface area contributed by atoms with E-state index in [2.05, 4.69) is 19.2 Å². The van der Waals surface area contributed by atoms with Crippen molar-refractivity contribution >= 4 is 11.9 Å². The zero-order valence-corrected chi connectivity index (χ0v) is 17.4. The third-order valence-corrected chi connectivity index (χ3v) is 5.36. The average molecular weight is 392 g/mol. The first-order valence-electron chi connectivity index (χ1n) is 10.0. The quantitative estimate of drug-likeness (QED) is 0.675. The van der Waals surface area contributed by atoms with Crippen LogP contribution in [0.25, 0.3) is 0 Å². The van der Waals surface area contributed by atoms with Gasteiger partial charge in [0, 0.05) is 19.8 Å². The Morgan fingerprint density at radius 2 is 1.82 bits per heavy atom. The number of carboxylic acids is 1. The molecular weight excluding hydrogens is 358 g/mol. The van der Waals surface area contributed by atoms with Gasteiger partial charge in [-0.15, -0.1) is 0 Å². The van der Waals surface area contributed by atoms with Gasteiger partial charge >= 0.3 is 5.97 Å². The van der Waals surface area contributed by atoms with Crippen LogP contribution in [0.5, 0.6) is 5.75 Å². The van der Waals surface area contributed by atoms with Crippen molar-refractivity contribution in [2.24, 2.45) is 17.8 Å². The topological polar surface area (TPSA) is 84.9 Å². The van der Waals surface area contributed by atoms with Crippen molar-refractivity contribution in [2.45, 2.75) is 46.0 Å². The lowest BCUT2D eigenvalue weighted by Gasteiger charge is -2.30. The summed E-state index contributed by atoms with van der Waals surface area (Å²) in [5, 5.41) is 12.4. The van der Waals surface area contributed by atoms with Crippen molar-refractivity contribution in [1.29, 1.82) is 0 Å². The van der Waals surface area contributed by atoms with E-state index in [1.807, 2.05) is 38.1 Å². The number of rotatable bonds is 9. The van der Waals surface area contributed by atoms with E-state index in [9.17, 15) is 14.7 Å². The molecule has 2 rings (SSSR count). The van der Waals surface area contributed by atoms with Gasteiger partial charge in [0.1, 0.15) is 5.75 Å². The van der Waals surface area contributed by atoms with Crippen LogP contribution in [0, 0.1) is 17.8 Å². The molecule has 28 heavy (non-hydrogen) atoms. The predicted molar refractivity (Wildman–Crippen MR) is 107 cm³/mol. The molecule has 1 aliphatic heterocycles. The van der Waals surface area contributed by atoms with Crippen LogP contribution in [-0.4, -0.2) is 43.3 Å². The number of carboxylic acid groups (broad SMARTS) is 1. The van der Waals surface area contributed by atoms with Crippen LogP contribution in [0.3, 0.4) is 0 Å². The summed E-state index contributed by atoms with van der Waals surface area (Å²) in [7, 11) is 0. The fraction of sp³-hybridized carbons (Fsp3) is 0.636. The number of carbonyl (C=O) groups is 2. The maximum atomic E-state index is 12.8. The molecule has 0 aliphatic carbocycles. The number of aliphatic carboxylic acids is 1. The van der Waals surface area contributed by atoms with Crippen molar-refractivity contribution in [3.8, 4) is 5.75 Å². The number of nitrogens with one attached hydrogen (secondary N) is 1. The average Bonchev–Trinajstić information content (AvgIpc) is 2.67. The van der Waals surface area contributed by atoms with Crippen molar-refractivity contribution in [3.05, 3.63) is 29.8 Å². The zero-order valence-electron chi connectivity index (χ0n) is 17.4. The fourth-order valence-corrected chi connectivity index (χ4v) is 3.36. The Morgan fingerprint density at radius 1 is 1.21 bits per heavy atom. The number of carbonyl (C=O) groups excluding carboxylic acids is 1. The Balaban J connectivity index is 1.98. The van der Waals surface area contributed by atoms with E-state index in [0.29, 0.717) is 38.6 Å². The number of ether oxygens (including phenoxy) is 2. The second-order valence-electron chi connectivity index (χ2n) is 8.46. The Bertz CT molecular complexity index is 647. The second-order valence-corrected chi connectivity index (χ2v) is 8.46. The largest absolute Gasteiger partial charge is 0.493 e. The van der Waals surface area contributed by atoms with Crippen LogP contribution in [0.1, 0.15) is 46.1 Å². The number of benzene rings is 1. The molecule has 0 bridgehead atoms. The van der Waals surface area contributed by atoms with Gasteiger partial charge in [0.15, 0.2) is 0 Å². The maximum Gasteiger partial charge on any atom is 0.308 e. The molecule has 2 N–H and O–H groups in total. The number of amides is 1. The van der Waals surface area contributed by atoms with E-state index < -0.39 is 17.3 Å². The number of hydrogen-bond donors (Lipinski definition) is 2. The summed E-state index contributed by atoms with van der Waals surface area (Å²) < 4.78 is 11.0. The molecule has 1 aliphatic rings. The molecule has 0 saturated carbocycles. The van der Waals surface area contributed by atoms with Crippen LogP contribution < -0.4 is 10.1 Å². The Labute approximate surface area is 167 Å². The Hall–Kier alpha value is -2.08.